The second kappa shape index (κ2) is 5.95. The Morgan fingerprint density at radius 1 is 1.50 bits per heavy atom. The summed E-state index contributed by atoms with van der Waals surface area (Å²) in [6.07, 6.45) is 0.318. The van der Waals surface area contributed by atoms with Crippen molar-refractivity contribution in [2.75, 3.05) is 26.1 Å². The summed E-state index contributed by atoms with van der Waals surface area (Å²) in [5.74, 6) is -0.0110. The van der Waals surface area contributed by atoms with Gasteiger partial charge in [0, 0.05) is 6.42 Å². The molecule has 0 heterocycles. The molecule has 0 aromatic heterocycles. The van der Waals surface area contributed by atoms with Crippen LogP contribution < -0.4 is 10.5 Å². The molecule has 0 fully saturated rings. The molecule has 16 heavy (non-hydrogen) atoms. The molecule has 0 spiro atoms. The fraction of sp³-hybridized carbons (Fsp3) is 0.364. The van der Waals surface area contributed by atoms with Crippen molar-refractivity contribution >= 4 is 11.7 Å². The van der Waals surface area contributed by atoms with Gasteiger partial charge in [0.05, 0.1) is 31.6 Å². The van der Waals surface area contributed by atoms with Crippen molar-refractivity contribution in [2.24, 2.45) is 0 Å². The molecule has 0 amide bonds. The molecule has 0 atom stereocenters. The van der Waals surface area contributed by atoms with Gasteiger partial charge in [0.15, 0.2) is 0 Å². The molecule has 1 aromatic rings. The highest BCUT2D eigenvalue weighted by atomic mass is 19.1. The first-order valence-electron chi connectivity index (χ1n) is 4.85. The van der Waals surface area contributed by atoms with Crippen LogP contribution in [0.3, 0.4) is 0 Å². The SMILES string of the molecule is COC(=O)c1ccc(OCCCF)c(N)c1. The number of methoxy groups -OCH3 is 1. The summed E-state index contributed by atoms with van der Waals surface area (Å²) in [4.78, 5) is 11.2. The number of rotatable bonds is 5. The van der Waals surface area contributed by atoms with Gasteiger partial charge in [0.1, 0.15) is 5.75 Å². The Labute approximate surface area is 93.2 Å². The van der Waals surface area contributed by atoms with Crippen molar-refractivity contribution in [3.05, 3.63) is 23.8 Å². The van der Waals surface area contributed by atoms with Gasteiger partial charge >= 0.3 is 5.97 Å². The van der Waals surface area contributed by atoms with Gasteiger partial charge in [0.2, 0.25) is 0 Å². The Balaban J connectivity index is 2.71. The summed E-state index contributed by atoms with van der Waals surface area (Å²) >= 11 is 0. The molecule has 0 bridgehead atoms. The molecule has 0 radical (unpaired) electrons. The Hall–Kier alpha value is -1.78. The van der Waals surface area contributed by atoms with Gasteiger partial charge in [-0.3, -0.25) is 4.39 Å². The van der Waals surface area contributed by atoms with Gasteiger partial charge in [-0.2, -0.15) is 0 Å². The molecule has 5 heteroatoms. The van der Waals surface area contributed by atoms with Crippen molar-refractivity contribution in [1.82, 2.24) is 0 Å². The van der Waals surface area contributed by atoms with Crippen LogP contribution in [0.1, 0.15) is 16.8 Å². The van der Waals surface area contributed by atoms with Crippen molar-refractivity contribution in [1.29, 1.82) is 0 Å². The second-order valence-corrected chi connectivity index (χ2v) is 3.14. The smallest absolute Gasteiger partial charge is 0.337 e. The Morgan fingerprint density at radius 2 is 2.25 bits per heavy atom. The second-order valence-electron chi connectivity index (χ2n) is 3.14. The molecule has 2 N–H and O–H groups in total. The van der Waals surface area contributed by atoms with E-state index < -0.39 is 12.6 Å². The molecular formula is C11H14FNO3. The van der Waals surface area contributed by atoms with Gasteiger partial charge < -0.3 is 15.2 Å². The molecule has 0 aliphatic carbocycles. The fourth-order valence-corrected chi connectivity index (χ4v) is 1.16. The van der Waals surface area contributed by atoms with Crippen LogP contribution in [0.5, 0.6) is 5.75 Å². The number of hydrogen-bond donors (Lipinski definition) is 1. The minimum atomic E-state index is -0.456. The highest BCUT2D eigenvalue weighted by Gasteiger charge is 2.08. The number of alkyl halides is 1. The van der Waals surface area contributed by atoms with Crippen LogP contribution in [0.25, 0.3) is 0 Å². The Morgan fingerprint density at radius 3 is 2.81 bits per heavy atom. The van der Waals surface area contributed by atoms with E-state index in [9.17, 15) is 9.18 Å². The Kier molecular flexibility index (Phi) is 4.57. The standard InChI is InChI=1S/C11H14FNO3/c1-15-11(14)8-3-4-10(9(13)7-8)16-6-2-5-12/h3-4,7H,2,5-6,13H2,1H3. The average Bonchev–Trinajstić information content (AvgIpc) is 2.30. The molecule has 88 valence electrons. The molecule has 0 aliphatic rings. The minimum Gasteiger partial charge on any atom is -0.491 e. The van der Waals surface area contributed by atoms with E-state index in [4.69, 9.17) is 10.5 Å². The maximum atomic E-state index is 11.8. The predicted molar refractivity (Wildman–Crippen MR) is 58.3 cm³/mol. The van der Waals surface area contributed by atoms with Crippen molar-refractivity contribution < 1.29 is 18.7 Å². The number of esters is 1. The first-order valence-corrected chi connectivity index (χ1v) is 4.85. The van der Waals surface area contributed by atoms with Gasteiger partial charge in [-0.05, 0) is 18.2 Å². The van der Waals surface area contributed by atoms with Crippen LogP contribution in [-0.2, 0) is 4.74 Å². The monoisotopic (exact) mass is 227 g/mol. The number of ether oxygens (including phenoxy) is 2. The minimum absolute atomic E-state index is 0.262. The average molecular weight is 227 g/mol. The molecular weight excluding hydrogens is 213 g/mol. The first kappa shape index (κ1) is 12.3. The van der Waals surface area contributed by atoms with E-state index in [2.05, 4.69) is 4.74 Å². The number of nitrogens with two attached hydrogens (primary N) is 1. The van der Waals surface area contributed by atoms with Crippen LogP contribution >= 0.6 is 0 Å². The van der Waals surface area contributed by atoms with Crippen LogP contribution in [0.4, 0.5) is 10.1 Å². The van der Waals surface area contributed by atoms with Gasteiger partial charge in [-0.25, -0.2) is 4.79 Å². The highest BCUT2D eigenvalue weighted by Crippen LogP contribution is 2.22. The lowest BCUT2D eigenvalue weighted by molar-refractivity contribution is 0.0601. The van der Waals surface area contributed by atoms with Gasteiger partial charge in [-0.15, -0.1) is 0 Å². The lowest BCUT2D eigenvalue weighted by Gasteiger charge is -2.08. The number of benzene rings is 1. The maximum absolute atomic E-state index is 11.8. The van der Waals surface area contributed by atoms with Crippen LogP contribution in [0.15, 0.2) is 18.2 Å². The van der Waals surface area contributed by atoms with Crippen LogP contribution in [0, 0.1) is 0 Å². The van der Waals surface area contributed by atoms with E-state index in [0.29, 0.717) is 23.4 Å². The largest absolute Gasteiger partial charge is 0.491 e. The van der Waals surface area contributed by atoms with E-state index in [1.807, 2.05) is 0 Å². The number of halogens is 1. The van der Waals surface area contributed by atoms with E-state index in [1.54, 1.807) is 12.1 Å². The first-order chi connectivity index (χ1) is 7.69. The lowest BCUT2D eigenvalue weighted by atomic mass is 10.2. The predicted octanol–water partition coefficient (Wildman–Crippen LogP) is 1.79. The normalized spacial score (nSPS) is 9.88. The summed E-state index contributed by atoms with van der Waals surface area (Å²) < 4.78 is 21.6. The zero-order valence-corrected chi connectivity index (χ0v) is 9.03. The van der Waals surface area contributed by atoms with Crippen LogP contribution in [0.2, 0.25) is 0 Å². The molecule has 1 rings (SSSR count). The summed E-state index contributed by atoms with van der Waals surface area (Å²) in [5, 5.41) is 0. The molecule has 0 saturated carbocycles. The fourth-order valence-electron chi connectivity index (χ4n) is 1.16. The van der Waals surface area contributed by atoms with E-state index in [1.165, 1.54) is 13.2 Å². The third-order valence-electron chi connectivity index (χ3n) is 1.97. The number of carbonyl (C=O) groups is 1. The molecule has 0 unspecified atom stereocenters. The Bertz CT molecular complexity index is 368. The van der Waals surface area contributed by atoms with E-state index in [-0.39, 0.29) is 6.61 Å². The van der Waals surface area contributed by atoms with Gasteiger partial charge in [-0.1, -0.05) is 0 Å². The topological polar surface area (TPSA) is 61.5 Å². The quantitative estimate of drug-likeness (QED) is 0.473. The third-order valence-corrected chi connectivity index (χ3v) is 1.97. The van der Waals surface area contributed by atoms with Crippen LogP contribution in [-0.4, -0.2) is 26.4 Å². The number of nitrogen functional groups attached to an aromatic ring is 1. The van der Waals surface area contributed by atoms with Crippen molar-refractivity contribution in [2.45, 2.75) is 6.42 Å². The molecule has 0 aliphatic heterocycles. The third kappa shape index (κ3) is 3.12. The summed E-state index contributed by atoms with van der Waals surface area (Å²) in [5.41, 5.74) is 6.36. The number of anilines is 1. The molecule has 0 saturated heterocycles. The van der Waals surface area contributed by atoms with E-state index in [0.717, 1.165) is 0 Å². The zero-order valence-electron chi connectivity index (χ0n) is 9.03. The summed E-state index contributed by atoms with van der Waals surface area (Å²) in [6, 6.07) is 4.59. The van der Waals surface area contributed by atoms with E-state index >= 15 is 0 Å². The van der Waals surface area contributed by atoms with Crippen molar-refractivity contribution in [3.8, 4) is 5.75 Å². The molecule has 4 nitrogen and oxygen atoms in total. The summed E-state index contributed by atoms with van der Waals surface area (Å²) in [7, 11) is 1.30. The maximum Gasteiger partial charge on any atom is 0.337 e. The van der Waals surface area contributed by atoms with Gasteiger partial charge in [0.25, 0.3) is 0 Å². The highest BCUT2D eigenvalue weighted by molar-refractivity contribution is 5.90. The lowest BCUT2D eigenvalue weighted by Crippen LogP contribution is -2.05. The van der Waals surface area contributed by atoms with Crippen molar-refractivity contribution in [3.63, 3.8) is 0 Å². The summed E-state index contributed by atoms with van der Waals surface area (Å²) in [6.45, 7) is -0.168. The molecule has 1 aromatic carbocycles. The number of hydrogen-bond acceptors (Lipinski definition) is 4. The zero-order chi connectivity index (χ0) is 12.0. The number of carbonyl (C=O) groups excluding carboxylic acids is 1.